The predicted molar refractivity (Wildman–Crippen MR) is 108 cm³/mol. The van der Waals surface area contributed by atoms with Crippen LogP contribution in [0.5, 0.6) is 0 Å². The summed E-state index contributed by atoms with van der Waals surface area (Å²) in [6.07, 6.45) is 4.65. The summed E-state index contributed by atoms with van der Waals surface area (Å²) in [5.41, 5.74) is 4.48. The van der Waals surface area contributed by atoms with Crippen LogP contribution in [0.3, 0.4) is 0 Å². The summed E-state index contributed by atoms with van der Waals surface area (Å²) in [6.45, 7) is 4.44. The number of benzene rings is 1. The molecule has 8 nitrogen and oxygen atoms in total. The Morgan fingerprint density at radius 3 is 2.74 bits per heavy atom. The Morgan fingerprint density at radius 1 is 1.30 bits per heavy atom. The molecule has 0 saturated heterocycles. The fourth-order valence-corrected chi connectivity index (χ4v) is 2.72. The zero-order valence-electron chi connectivity index (χ0n) is 15.6. The van der Waals surface area contributed by atoms with Gasteiger partial charge in [-0.2, -0.15) is 10.1 Å². The first-order valence-electron chi connectivity index (χ1n) is 8.74. The topological polar surface area (TPSA) is 97.1 Å². The molecule has 2 aromatic heterocycles. The molecule has 0 fully saturated rings. The van der Waals surface area contributed by atoms with Crippen molar-refractivity contribution in [2.75, 3.05) is 5.43 Å². The van der Waals surface area contributed by atoms with Crippen molar-refractivity contribution in [2.45, 2.75) is 26.8 Å². The van der Waals surface area contributed by atoms with E-state index in [1.807, 2.05) is 56.3 Å². The number of anilines is 1. The molecule has 0 radical (unpaired) electrons. The third-order valence-corrected chi connectivity index (χ3v) is 4.10. The lowest BCUT2D eigenvalue weighted by atomic mass is 10.2. The monoisotopic (exact) mass is 366 g/mol. The minimum absolute atomic E-state index is 0.326. The van der Waals surface area contributed by atoms with Gasteiger partial charge in [0.25, 0.3) is 5.56 Å². The summed E-state index contributed by atoms with van der Waals surface area (Å²) in [5.74, 6) is 0.422. The van der Waals surface area contributed by atoms with Gasteiger partial charge in [-0.05, 0) is 25.0 Å². The lowest BCUT2D eigenvalue weighted by Gasteiger charge is -2.06. The average Bonchev–Trinajstić information content (AvgIpc) is 3.03. The Morgan fingerprint density at radius 2 is 2.04 bits per heavy atom. The Kier molecular flexibility index (Phi) is 5.35. The summed E-state index contributed by atoms with van der Waals surface area (Å²) < 4.78 is 3.06. The highest BCUT2D eigenvalue weighted by Crippen LogP contribution is 2.16. The molecule has 27 heavy (non-hydrogen) atoms. The van der Waals surface area contributed by atoms with Crippen LogP contribution in [0, 0.1) is 0 Å². The maximum Gasteiger partial charge on any atom is 0.329 e. The number of H-pyrrole nitrogens is 1. The smallest absolute Gasteiger partial charge is 0.303 e. The molecule has 1 aromatic carbocycles. The van der Waals surface area contributed by atoms with Crippen molar-refractivity contribution in [3.8, 4) is 0 Å². The van der Waals surface area contributed by atoms with Crippen LogP contribution in [0.2, 0.25) is 0 Å². The van der Waals surface area contributed by atoms with E-state index >= 15 is 0 Å². The quantitative estimate of drug-likeness (QED) is 0.517. The number of aromatic nitrogens is 4. The maximum atomic E-state index is 12.3. The summed E-state index contributed by atoms with van der Waals surface area (Å²) in [6, 6.07) is 9.92. The molecule has 0 unspecified atom stereocenters. The van der Waals surface area contributed by atoms with E-state index in [1.165, 1.54) is 4.57 Å². The van der Waals surface area contributed by atoms with Crippen LogP contribution >= 0.6 is 0 Å². The zero-order valence-corrected chi connectivity index (χ0v) is 15.6. The SMILES string of the molecule is CCCn1c(N/N=C(C)/C=C/c2ccccc2)nc2c1c(=O)[nH]c(=O)n2C. The largest absolute Gasteiger partial charge is 0.329 e. The molecule has 0 saturated carbocycles. The Hall–Kier alpha value is -3.42. The lowest BCUT2D eigenvalue weighted by Crippen LogP contribution is -2.29. The number of hydrazone groups is 1. The summed E-state index contributed by atoms with van der Waals surface area (Å²) in [7, 11) is 1.57. The van der Waals surface area contributed by atoms with Gasteiger partial charge in [-0.1, -0.05) is 43.3 Å². The molecular weight excluding hydrogens is 344 g/mol. The third-order valence-electron chi connectivity index (χ3n) is 4.10. The van der Waals surface area contributed by atoms with Gasteiger partial charge in [-0.25, -0.2) is 10.2 Å². The van der Waals surface area contributed by atoms with E-state index in [0.717, 1.165) is 17.7 Å². The van der Waals surface area contributed by atoms with Crippen LogP contribution in [0.25, 0.3) is 17.2 Å². The lowest BCUT2D eigenvalue weighted by molar-refractivity contribution is 0.698. The number of imidazole rings is 1. The van der Waals surface area contributed by atoms with Crippen molar-refractivity contribution < 1.29 is 0 Å². The van der Waals surface area contributed by atoms with Gasteiger partial charge in [0, 0.05) is 13.6 Å². The molecule has 0 aliphatic rings. The van der Waals surface area contributed by atoms with Crippen LogP contribution < -0.4 is 16.7 Å². The standard InChI is InChI=1S/C19H22N6O2/c1-4-12-25-15-16(24(3)19(27)21-17(15)26)20-18(25)23-22-13(2)10-11-14-8-6-5-7-9-14/h5-11H,4,12H2,1-3H3,(H,20,23)(H,21,26,27)/b11-10+,22-13+. The van der Waals surface area contributed by atoms with E-state index in [0.29, 0.717) is 23.7 Å². The highest BCUT2D eigenvalue weighted by molar-refractivity contribution is 5.96. The summed E-state index contributed by atoms with van der Waals surface area (Å²) in [5, 5.41) is 4.33. The molecular formula is C19H22N6O2. The first-order valence-corrected chi connectivity index (χ1v) is 8.74. The normalized spacial score (nSPS) is 12.2. The van der Waals surface area contributed by atoms with Gasteiger partial charge in [0.15, 0.2) is 11.2 Å². The first kappa shape index (κ1) is 18.4. The number of nitrogens with zero attached hydrogens (tertiary/aromatic N) is 4. The molecule has 2 heterocycles. The molecule has 0 spiro atoms. The first-order chi connectivity index (χ1) is 13.0. The number of aromatic amines is 1. The van der Waals surface area contributed by atoms with E-state index in [2.05, 4.69) is 20.5 Å². The van der Waals surface area contributed by atoms with Gasteiger partial charge >= 0.3 is 5.69 Å². The molecule has 2 N–H and O–H groups in total. The predicted octanol–water partition coefficient (Wildman–Crippen LogP) is 2.33. The minimum atomic E-state index is -0.495. The molecule has 140 valence electrons. The number of rotatable bonds is 6. The Labute approximate surface area is 155 Å². The zero-order chi connectivity index (χ0) is 19.4. The van der Waals surface area contributed by atoms with E-state index in [-0.39, 0.29) is 0 Å². The molecule has 0 bridgehead atoms. The number of hydrogen-bond acceptors (Lipinski definition) is 5. The average molecular weight is 366 g/mol. The molecule has 0 aliphatic carbocycles. The summed E-state index contributed by atoms with van der Waals surface area (Å²) >= 11 is 0. The second kappa shape index (κ2) is 7.86. The molecule has 3 aromatic rings. The van der Waals surface area contributed by atoms with Crippen LogP contribution in [-0.2, 0) is 13.6 Å². The van der Waals surface area contributed by atoms with Gasteiger partial charge in [0.1, 0.15) is 0 Å². The highest BCUT2D eigenvalue weighted by atomic mass is 16.2. The fourth-order valence-electron chi connectivity index (χ4n) is 2.72. The number of fused-ring (bicyclic) bond motifs is 1. The van der Waals surface area contributed by atoms with Gasteiger partial charge in [0.2, 0.25) is 5.95 Å². The Bertz CT molecular complexity index is 1120. The van der Waals surface area contributed by atoms with Gasteiger partial charge in [-0.15, -0.1) is 0 Å². The van der Waals surface area contributed by atoms with E-state index in [4.69, 9.17) is 0 Å². The second-order valence-electron chi connectivity index (χ2n) is 6.19. The highest BCUT2D eigenvalue weighted by Gasteiger charge is 2.16. The molecule has 0 atom stereocenters. The third kappa shape index (κ3) is 3.89. The van der Waals surface area contributed by atoms with Crippen molar-refractivity contribution in [3.63, 3.8) is 0 Å². The number of hydrogen-bond donors (Lipinski definition) is 2. The Balaban J connectivity index is 1.94. The van der Waals surface area contributed by atoms with Crippen molar-refractivity contribution >= 4 is 28.9 Å². The van der Waals surface area contributed by atoms with Crippen molar-refractivity contribution in [3.05, 3.63) is 62.8 Å². The van der Waals surface area contributed by atoms with Gasteiger partial charge < -0.3 is 4.57 Å². The summed E-state index contributed by atoms with van der Waals surface area (Å²) in [4.78, 5) is 30.8. The van der Waals surface area contributed by atoms with Gasteiger partial charge in [0.05, 0.1) is 5.71 Å². The maximum absolute atomic E-state index is 12.3. The number of nitrogens with one attached hydrogen (secondary N) is 2. The fraction of sp³-hybridized carbons (Fsp3) is 0.263. The molecule has 3 rings (SSSR count). The van der Waals surface area contributed by atoms with Crippen molar-refractivity contribution in [2.24, 2.45) is 12.1 Å². The van der Waals surface area contributed by atoms with Crippen molar-refractivity contribution in [1.82, 2.24) is 19.1 Å². The van der Waals surface area contributed by atoms with Gasteiger partial charge in [-0.3, -0.25) is 14.3 Å². The number of allylic oxidation sites excluding steroid dienone is 1. The van der Waals surface area contributed by atoms with E-state index in [9.17, 15) is 9.59 Å². The minimum Gasteiger partial charge on any atom is -0.303 e. The second-order valence-corrected chi connectivity index (χ2v) is 6.19. The molecule has 0 aliphatic heterocycles. The van der Waals surface area contributed by atoms with Crippen LogP contribution in [0.4, 0.5) is 5.95 Å². The van der Waals surface area contributed by atoms with E-state index in [1.54, 1.807) is 11.6 Å². The molecule has 0 amide bonds. The molecule has 8 heteroatoms. The van der Waals surface area contributed by atoms with E-state index < -0.39 is 11.2 Å². The van der Waals surface area contributed by atoms with Crippen LogP contribution in [-0.4, -0.2) is 24.8 Å². The van der Waals surface area contributed by atoms with Crippen LogP contribution in [0.1, 0.15) is 25.8 Å². The van der Waals surface area contributed by atoms with Crippen LogP contribution in [0.15, 0.2) is 51.1 Å². The number of aryl methyl sites for hydroxylation is 2. The van der Waals surface area contributed by atoms with Crippen molar-refractivity contribution in [1.29, 1.82) is 0 Å².